The number of rotatable bonds is 8. The Labute approximate surface area is 177 Å². The average Bonchev–Trinajstić information content (AvgIpc) is 3.16. The van der Waals surface area contributed by atoms with Crippen molar-refractivity contribution in [3.8, 4) is 11.5 Å². The standard InChI is InChI=1S/C20H21ClN2O5S/c1-2-23(20(26)8-4-14(24)17-6-7-18(21)29-17)12-19(25)22-13-3-5-15-16(11-13)28-10-9-27-15/h3,5-7,11H,2,4,8-10,12H2,1H3,(H,22,25). The zero-order valence-corrected chi connectivity index (χ0v) is 17.5. The van der Waals surface area contributed by atoms with Gasteiger partial charge in [0.25, 0.3) is 0 Å². The predicted octanol–water partition coefficient (Wildman–Crippen LogP) is 3.62. The number of carbonyl (C=O) groups is 3. The van der Waals surface area contributed by atoms with Gasteiger partial charge in [0.1, 0.15) is 13.2 Å². The molecule has 0 aliphatic carbocycles. The first kappa shape index (κ1) is 21.1. The molecule has 154 valence electrons. The van der Waals surface area contributed by atoms with Crippen LogP contribution in [0.3, 0.4) is 0 Å². The number of ketones is 1. The van der Waals surface area contributed by atoms with Crippen LogP contribution in [-0.4, -0.2) is 48.8 Å². The van der Waals surface area contributed by atoms with Crippen molar-refractivity contribution in [2.24, 2.45) is 0 Å². The minimum absolute atomic E-state index is 0.0412. The van der Waals surface area contributed by atoms with Gasteiger partial charge in [-0.1, -0.05) is 11.6 Å². The number of thiophene rings is 1. The molecule has 1 aromatic carbocycles. The zero-order valence-electron chi connectivity index (χ0n) is 15.9. The smallest absolute Gasteiger partial charge is 0.243 e. The van der Waals surface area contributed by atoms with Crippen molar-refractivity contribution in [2.45, 2.75) is 19.8 Å². The maximum atomic E-state index is 12.4. The Morgan fingerprint density at radius 1 is 1.10 bits per heavy atom. The van der Waals surface area contributed by atoms with E-state index < -0.39 is 0 Å². The first-order chi connectivity index (χ1) is 14.0. The number of amides is 2. The summed E-state index contributed by atoms with van der Waals surface area (Å²) >= 11 is 7.03. The van der Waals surface area contributed by atoms with Crippen LogP contribution in [0.1, 0.15) is 29.4 Å². The molecular weight excluding hydrogens is 416 g/mol. The number of hydrogen-bond donors (Lipinski definition) is 1. The quantitative estimate of drug-likeness (QED) is 0.639. The van der Waals surface area contributed by atoms with Gasteiger partial charge < -0.3 is 19.7 Å². The van der Waals surface area contributed by atoms with Crippen LogP contribution in [0.4, 0.5) is 5.69 Å². The minimum Gasteiger partial charge on any atom is -0.486 e. The van der Waals surface area contributed by atoms with Crippen molar-refractivity contribution in [1.82, 2.24) is 4.90 Å². The molecule has 0 saturated heterocycles. The molecule has 9 heteroatoms. The summed E-state index contributed by atoms with van der Waals surface area (Å²) < 4.78 is 11.5. The van der Waals surface area contributed by atoms with E-state index in [0.717, 1.165) is 0 Å². The molecule has 1 N–H and O–H groups in total. The molecule has 0 bridgehead atoms. The van der Waals surface area contributed by atoms with Gasteiger partial charge in [-0.15, -0.1) is 11.3 Å². The Balaban J connectivity index is 1.51. The van der Waals surface area contributed by atoms with Crippen molar-refractivity contribution in [3.05, 3.63) is 39.5 Å². The molecule has 29 heavy (non-hydrogen) atoms. The first-order valence-electron chi connectivity index (χ1n) is 9.22. The molecular formula is C20H21ClN2O5S. The molecule has 2 amide bonds. The van der Waals surface area contributed by atoms with Crippen LogP contribution in [0.15, 0.2) is 30.3 Å². The van der Waals surface area contributed by atoms with Crippen LogP contribution in [0, 0.1) is 0 Å². The molecule has 7 nitrogen and oxygen atoms in total. The Morgan fingerprint density at radius 3 is 2.55 bits per heavy atom. The fourth-order valence-electron chi connectivity index (χ4n) is 2.84. The normalized spacial score (nSPS) is 12.3. The number of hydrogen-bond acceptors (Lipinski definition) is 6. The Kier molecular flexibility index (Phi) is 7.11. The maximum absolute atomic E-state index is 12.4. The molecule has 0 atom stereocenters. The van der Waals surface area contributed by atoms with Gasteiger partial charge in [0.05, 0.1) is 15.8 Å². The number of halogens is 1. The fraction of sp³-hybridized carbons (Fsp3) is 0.350. The van der Waals surface area contributed by atoms with Crippen molar-refractivity contribution in [2.75, 3.05) is 31.6 Å². The second kappa shape index (κ2) is 9.76. The largest absolute Gasteiger partial charge is 0.486 e. The lowest BCUT2D eigenvalue weighted by atomic mass is 10.2. The Morgan fingerprint density at radius 2 is 1.86 bits per heavy atom. The second-order valence-electron chi connectivity index (χ2n) is 6.34. The van der Waals surface area contributed by atoms with Gasteiger partial charge in [-0.2, -0.15) is 0 Å². The Bertz CT molecular complexity index is 914. The van der Waals surface area contributed by atoms with Gasteiger partial charge in [0.2, 0.25) is 11.8 Å². The topological polar surface area (TPSA) is 84.9 Å². The number of anilines is 1. The van der Waals surface area contributed by atoms with Gasteiger partial charge in [-0.05, 0) is 31.2 Å². The SMILES string of the molecule is CCN(CC(=O)Nc1ccc2c(c1)OCCO2)C(=O)CCC(=O)c1ccc(Cl)s1. The van der Waals surface area contributed by atoms with Crippen molar-refractivity contribution >= 4 is 46.2 Å². The van der Waals surface area contributed by atoms with Crippen molar-refractivity contribution < 1.29 is 23.9 Å². The highest BCUT2D eigenvalue weighted by Gasteiger charge is 2.19. The number of fused-ring (bicyclic) bond motifs is 1. The van der Waals surface area contributed by atoms with Crippen LogP contribution in [0.2, 0.25) is 4.34 Å². The highest BCUT2D eigenvalue weighted by molar-refractivity contribution is 7.18. The zero-order chi connectivity index (χ0) is 20.8. The van der Waals surface area contributed by atoms with Crippen LogP contribution >= 0.6 is 22.9 Å². The van der Waals surface area contributed by atoms with E-state index in [4.69, 9.17) is 21.1 Å². The van der Waals surface area contributed by atoms with Gasteiger partial charge in [0.15, 0.2) is 17.3 Å². The van der Waals surface area contributed by atoms with Crippen LogP contribution < -0.4 is 14.8 Å². The molecule has 1 aromatic heterocycles. The molecule has 3 rings (SSSR count). The number of benzene rings is 1. The number of ether oxygens (including phenoxy) is 2. The minimum atomic E-state index is -0.326. The van der Waals surface area contributed by atoms with Crippen LogP contribution in [-0.2, 0) is 9.59 Å². The van der Waals surface area contributed by atoms with Gasteiger partial charge in [-0.3, -0.25) is 14.4 Å². The number of carbonyl (C=O) groups excluding carboxylic acids is 3. The van der Waals surface area contributed by atoms with E-state index in [-0.39, 0.29) is 37.0 Å². The van der Waals surface area contributed by atoms with E-state index in [2.05, 4.69) is 5.32 Å². The average molecular weight is 437 g/mol. The van der Waals surface area contributed by atoms with Gasteiger partial charge in [-0.25, -0.2) is 0 Å². The van der Waals surface area contributed by atoms with E-state index in [9.17, 15) is 14.4 Å². The Hall–Kier alpha value is -2.58. The lowest BCUT2D eigenvalue weighted by Crippen LogP contribution is -2.38. The second-order valence-corrected chi connectivity index (χ2v) is 8.06. The summed E-state index contributed by atoms with van der Waals surface area (Å²) in [5.74, 6) is 0.502. The summed E-state index contributed by atoms with van der Waals surface area (Å²) in [6.07, 6.45) is 0.120. The molecule has 2 heterocycles. The van der Waals surface area contributed by atoms with Crippen molar-refractivity contribution in [1.29, 1.82) is 0 Å². The van der Waals surface area contributed by atoms with Crippen LogP contribution in [0.5, 0.6) is 11.5 Å². The van der Waals surface area contributed by atoms with E-state index in [1.807, 2.05) is 0 Å². The third kappa shape index (κ3) is 5.71. The predicted molar refractivity (Wildman–Crippen MR) is 111 cm³/mol. The van der Waals surface area contributed by atoms with E-state index >= 15 is 0 Å². The third-order valence-electron chi connectivity index (χ3n) is 4.31. The summed E-state index contributed by atoms with van der Waals surface area (Å²) in [6, 6.07) is 8.44. The van der Waals surface area contributed by atoms with Gasteiger partial charge >= 0.3 is 0 Å². The van der Waals surface area contributed by atoms with Gasteiger partial charge in [0, 0.05) is 31.1 Å². The number of likely N-dealkylation sites (N-methyl/N-ethyl adjacent to an activating group) is 1. The number of nitrogens with one attached hydrogen (secondary N) is 1. The molecule has 0 radical (unpaired) electrons. The molecule has 0 unspecified atom stereocenters. The van der Waals surface area contributed by atoms with Crippen molar-refractivity contribution in [3.63, 3.8) is 0 Å². The lowest BCUT2D eigenvalue weighted by Gasteiger charge is -2.21. The molecule has 1 aliphatic rings. The molecule has 0 spiro atoms. The monoisotopic (exact) mass is 436 g/mol. The molecule has 0 saturated carbocycles. The fourth-order valence-corrected chi connectivity index (χ4v) is 3.85. The third-order valence-corrected chi connectivity index (χ3v) is 5.58. The van der Waals surface area contributed by atoms with Crippen LogP contribution in [0.25, 0.3) is 0 Å². The highest BCUT2D eigenvalue weighted by atomic mass is 35.5. The van der Waals surface area contributed by atoms with E-state index in [1.165, 1.54) is 16.2 Å². The summed E-state index contributed by atoms with van der Waals surface area (Å²) in [5.41, 5.74) is 0.563. The molecule has 1 aliphatic heterocycles. The maximum Gasteiger partial charge on any atom is 0.243 e. The van der Waals surface area contributed by atoms with E-state index in [1.54, 1.807) is 37.3 Å². The summed E-state index contributed by atoms with van der Waals surface area (Å²) in [5, 5.41) is 2.76. The summed E-state index contributed by atoms with van der Waals surface area (Å²) in [6.45, 7) is 3.01. The number of nitrogens with zero attached hydrogens (tertiary/aromatic N) is 1. The summed E-state index contributed by atoms with van der Waals surface area (Å²) in [4.78, 5) is 38.9. The lowest BCUT2D eigenvalue weighted by molar-refractivity contribution is -0.134. The first-order valence-corrected chi connectivity index (χ1v) is 10.4. The summed E-state index contributed by atoms with van der Waals surface area (Å²) in [7, 11) is 0. The van der Waals surface area contributed by atoms with E-state index in [0.29, 0.717) is 46.2 Å². The molecule has 0 fully saturated rings. The highest BCUT2D eigenvalue weighted by Crippen LogP contribution is 2.32. The number of Topliss-reactive ketones (excluding diaryl/α,β-unsaturated/α-hetero) is 1. The molecule has 2 aromatic rings.